The van der Waals surface area contributed by atoms with E-state index in [1.807, 2.05) is 19.9 Å². The molecule has 2 aromatic carbocycles. The van der Waals surface area contributed by atoms with Gasteiger partial charge in [0.2, 0.25) is 5.91 Å². The van der Waals surface area contributed by atoms with Crippen LogP contribution < -0.4 is 21.1 Å². The number of nitrogens with zero attached hydrogens (tertiary/aromatic N) is 4. The largest absolute Gasteiger partial charge is 0.368 e. The molecule has 3 aromatic rings. The molecule has 0 spiro atoms. The zero-order chi connectivity index (χ0) is 25.8. The third-order valence-corrected chi connectivity index (χ3v) is 6.68. The number of aromatic nitrogens is 2. The second-order valence-corrected chi connectivity index (χ2v) is 9.80. The van der Waals surface area contributed by atoms with Crippen LogP contribution in [0.4, 0.5) is 10.5 Å². The summed E-state index contributed by atoms with van der Waals surface area (Å²) in [5, 5.41) is 6.99. The predicted molar refractivity (Wildman–Crippen MR) is 142 cm³/mol. The highest BCUT2D eigenvalue weighted by atomic mass is 35.5. The van der Waals surface area contributed by atoms with Crippen LogP contribution in [0.3, 0.4) is 0 Å². The summed E-state index contributed by atoms with van der Waals surface area (Å²) in [6.07, 6.45) is 1.38. The highest BCUT2D eigenvalue weighted by molar-refractivity contribution is 6.42. The maximum absolute atomic E-state index is 13.1. The molecule has 1 aliphatic heterocycles. The Morgan fingerprint density at radius 1 is 1.03 bits per heavy atom. The van der Waals surface area contributed by atoms with Gasteiger partial charge in [0.25, 0.3) is 5.56 Å². The zero-order valence-electron chi connectivity index (χ0n) is 20.1. The van der Waals surface area contributed by atoms with Crippen molar-refractivity contribution < 1.29 is 9.59 Å². The Morgan fingerprint density at radius 2 is 1.78 bits per heavy atom. The normalized spacial score (nSPS) is 13.8. The first kappa shape index (κ1) is 25.8. The molecule has 0 unspecified atom stereocenters. The van der Waals surface area contributed by atoms with E-state index in [0.717, 1.165) is 11.3 Å². The number of hydrogen-bond acceptors (Lipinski definition) is 5. The molecule has 0 aliphatic carbocycles. The number of amides is 3. The Balaban J connectivity index is 1.42. The van der Waals surface area contributed by atoms with Crippen LogP contribution in [0, 0.1) is 0 Å². The van der Waals surface area contributed by atoms with Crippen molar-refractivity contribution in [1.29, 1.82) is 0 Å². The van der Waals surface area contributed by atoms with Crippen molar-refractivity contribution in [2.24, 2.45) is 0 Å². The third-order valence-electron chi connectivity index (χ3n) is 5.94. The summed E-state index contributed by atoms with van der Waals surface area (Å²) in [5.41, 5.74) is 1.95. The second kappa shape index (κ2) is 11.2. The first-order chi connectivity index (χ1) is 17.2. The third kappa shape index (κ3) is 6.09. The van der Waals surface area contributed by atoms with E-state index in [-0.39, 0.29) is 36.6 Å². The number of urea groups is 1. The van der Waals surface area contributed by atoms with Gasteiger partial charge in [-0.25, -0.2) is 9.78 Å². The molecule has 36 heavy (non-hydrogen) atoms. The van der Waals surface area contributed by atoms with Crippen LogP contribution in [0.5, 0.6) is 0 Å². The summed E-state index contributed by atoms with van der Waals surface area (Å²) >= 11 is 11.9. The van der Waals surface area contributed by atoms with E-state index in [1.54, 1.807) is 35.2 Å². The smallest absolute Gasteiger partial charge is 0.317 e. The Hall–Kier alpha value is -3.30. The Morgan fingerprint density at radius 3 is 2.47 bits per heavy atom. The molecule has 2 N–H and O–H groups in total. The van der Waals surface area contributed by atoms with Gasteiger partial charge in [0, 0.05) is 44.5 Å². The van der Waals surface area contributed by atoms with Gasteiger partial charge in [0.05, 0.1) is 27.3 Å². The number of rotatable bonds is 6. The number of fused-ring (bicyclic) bond motifs is 1. The van der Waals surface area contributed by atoms with Gasteiger partial charge >= 0.3 is 6.03 Å². The van der Waals surface area contributed by atoms with Gasteiger partial charge in [0.1, 0.15) is 6.54 Å². The molecular formula is C25H28Cl2N6O3. The van der Waals surface area contributed by atoms with Crippen molar-refractivity contribution in [2.75, 3.05) is 31.1 Å². The Bertz CT molecular complexity index is 1340. The second-order valence-electron chi connectivity index (χ2n) is 8.98. The van der Waals surface area contributed by atoms with Gasteiger partial charge in [-0.2, -0.15) is 0 Å². The summed E-state index contributed by atoms with van der Waals surface area (Å²) in [7, 11) is 0. The average molecular weight is 531 g/mol. The molecule has 11 heteroatoms. The van der Waals surface area contributed by atoms with Crippen molar-refractivity contribution in [3.05, 3.63) is 68.7 Å². The summed E-state index contributed by atoms with van der Waals surface area (Å²) in [6, 6.07) is 10.7. The lowest BCUT2D eigenvalue weighted by molar-refractivity contribution is -0.121. The maximum Gasteiger partial charge on any atom is 0.317 e. The molecule has 2 heterocycles. The SMILES string of the molecule is CC(C)NC(=O)N1CCN(c2ccc3ncn(CC(=O)NCc4ccc(Cl)c(Cl)c4)c(=O)c3c2)CC1. The van der Waals surface area contributed by atoms with Gasteiger partial charge in [-0.05, 0) is 49.7 Å². The Kier molecular flexibility index (Phi) is 8.01. The number of hydrogen-bond donors (Lipinski definition) is 2. The molecule has 9 nitrogen and oxygen atoms in total. The molecular weight excluding hydrogens is 503 g/mol. The van der Waals surface area contributed by atoms with Crippen molar-refractivity contribution in [3.63, 3.8) is 0 Å². The van der Waals surface area contributed by atoms with Crippen LogP contribution in [-0.4, -0.2) is 58.6 Å². The van der Waals surface area contributed by atoms with Crippen molar-refractivity contribution in [1.82, 2.24) is 25.1 Å². The molecule has 190 valence electrons. The molecule has 1 fully saturated rings. The van der Waals surface area contributed by atoms with Gasteiger partial charge in [-0.3, -0.25) is 14.2 Å². The van der Waals surface area contributed by atoms with Gasteiger partial charge in [0.15, 0.2) is 0 Å². The quantitative estimate of drug-likeness (QED) is 0.509. The highest BCUT2D eigenvalue weighted by Crippen LogP contribution is 2.23. The molecule has 1 saturated heterocycles. The molecule has 0 saturated carbocycles. The van der Waals surface area contributed by atoms with Crippen molar-refractivity contribution >= 4 is 51.7 Å². The first-order valence-electron chi connectivity index (χ1n) is 11.7. The topological polar surface area (TPSA) is 99.6 Å². The van der Waals surface area contributed by atoms with Gasteiger partial charge < -0.3 is 20.4 Å². The molecule has 0 radical (unpaired) electrons. The van der Waals surface area contributed by atoms with Crippen LogP contribution in [0.2, 0.25) is 10.0 Å². The van der Waals surface area contributed by atoms with Crippen LogP contribution in [0.1, 0.15) is 19.4 Å². The molecule has 3 amide bonds. The van der Waals surface area contributed by atoms with E-state index in [0.29, 0.717) is 47.1 Å². The van der Waals surface area contributed by atoms with E-state index in [2.05, 4.69) is 20.5 Å². The number of benzene rings is 2. The molecule has 4 rings (SSSR count). The number of nitrogens with one attached hydrogen (secondary N) is 2. The highest BCUT2D eigenvalue weighted by Gasteiger charge is 2.22. The number of halogens is 2. The minimum absolute atomic E-state index is 0.0623. The molecule has 1 aliphatic rings. The predicted octanol–water partition coefficient (Wildman–Crippen LogP) is 3.26. The maximum atomic E-state index is 13.1. The monoisotopic (exact) mass is 530 g/mol. The van der Waals surface area contributed by atoms with Gasteiger partial charge in [-0.1, -0.05) is 29.3 Å². The number of piperazine rings is 1. The summed E-state index contributed by atoms with van der Waals surface area (Å²) in [4.78, 5) is 46.2. The van der Waals surface area contributed by atoms with Crippen LogP contribution in [0.25, 0.3) is 10.9 Å². The lowest BCUT2D eigenvalue weighted by Crippen LogP contribution is -2.52. The first-order valence-corrected chi connectivity index (χ1v) is 12.5. The van der Waals surface area contributed by atoms with Crippen LogP contribution in [-0.2, 0) is 17.9 Å². The van der Waals surface area contributed by atoms with Crippen LogP contribution >= 0.6 is 23.2 Å². The number of carbonyl (C=O) groups is 2. The van der Waals surface area contributed by atoms with Crippen molar-refractivity contribution in [3.8, 4) is 0 Å². The standard InChI is InChI=1S/C25H28Cl2N6O3/c1-16(2)30-25(36)32-9-7-31(8-10-32)18-4-6-22-19(12-18)24(35)33(15-29-22)14-23(34)28-13-17-3-5-20(26)21(27)11-17/h3-6,11-12,15-16H,7-10,13-14H2,1-2H3,(H,28,34)(H,30,36). The van der Waals surface area contributed by atoms with Gasteiger partial charge in [-0.15, -0.1) is 0 Å². The average Bonchev–Trinajstić information content (AvgIpc) is 2.86. The number of anilines is 1. The summed E-state index contributed by atoms with van der Waals surface area (Å²) in [5.74, 6) is -0.323. The lowest BCUT2D eigenvalue weighted by atomic mass is 10.2. The zero-order valence-corrected chi connectivity index (χ0v) is 21.6. The van der Waals surface area contributed by atoms with E-state index >= 15 is 0 Å². The lowest BCUT2D eigenvalue weighted by Gasteiger charge is -2.36. The van der Waals surface area contributed by atoms with E-state index < -0.39 is 0 Å². The van der Waals surface area contributed by atoms with Crippen LogP contribution in [0.15, 0.2) is 47.5 Å². The minimum atomic E-state index is -0.323. The van der Waals surface area contributed by atoms with E-state index in [9.17, 15) is 14.4 Å². The van der Waals surface area contributed by atoms with E-state index in [4.69, 9.17) is 23.2 Å². The fraction of sp³-hybridized carbons (Fsp3) is 0.360. The Labute approximate surface area is 219 Å². The fourth-order valence-electron chi connectivity index (χ4n) is 4.02. The van der Waals surface area contributed by atoms with Crippen molar-refractivity contribution in [2.45, 2.75) is 33.0 Å². The fourth-order valence-corrected chi connectivity index (χ4v) is 4.34. The number of carbonyl (C=O) groups excluding carboxylic acids is 2. The van der Waals surface area contributed by atoms with E-state index in [1.165, 1.54) is 10.9 Å². The molecule has 0 bridgehead atoms. The molecule has 1 aromatic heterocycles. The molecule has 0 atom stereocenters. The summed E-state index contributed by atoms with van der Waals surface area (Å²) in [6.45, 7) is 6.46. The summed E-state index contributed by atoms with van der Waals surface area (Å²) < 4.78 is 1.30. The minimum Gasteiger partial charge on any atom is -0.368 e.